The van der Waals surface area contributed by atoms with Crippen molar-refractivity contribution in [3.63, 3.8) is 0 Å². The van der Waals surface area contributed by atoms with Crippen molar-refractivity contribution >= 4 is 23.5 Å². The first-order chi connectivity index (χ1) is 7.29. The van der Waals surface area contributed by atoms with E-state index >= 15 is 0 Å². The maximum Gasteiger partial charge on any atom is 0.228 e. The van der Waals surface area contributed by atoms with Crippen molar-refractivity contribution in [3.8, 4) is 0 Å². The van der Waals surface area contributed by atoms with E-state index in [1.807, 2.05) is 24.4 Å². The van der Waals surface area contributed by atoms with Crippen molar-refractivity contribution in [2.24, 2.45) is 0 Å². The average molecular weight is 225 g/mol. The molecular formula is C11H15NO2S. The Kier molecular flexibility index (Phi) is 5.04. The molecule has 0 aliphatic heterocycles. The monoisotopic (exact) mass is 225 g/mol. The van der Waals surface area contributed by atoms with Crippen molar-refractivity contribution in [1.29, 1.82) is 0 Å². The number of carbonyl (C=O) groups is 2. The van der Waals surface area contributed by atoms with Gasteiger partial charge in [-0.15, -0.1) is 11.3 Å². The van der Waals surface area contributed by atoms with E-state index in [0.29, 0.717) is 6.29 Å². The van der Waals surface area contributed by atoms with Gasteiger partial charge >= 0.3 is 0 Å². The zero-order chi connectivity index (χ0) is 11.1. The third-order valence-corrected chi connectivity index (χ3v) is 3.13. The van der Waals surface area contributed by atoms with Crippen LogP contribution in [-0.2, 0) is 9.59 Å². The highest BCUT2D eigenvalue weighted by Gasteiger charge is 2.19. The zero-order valence-electron chi connectivity index (χ0n) is 8.73. The topological polar surface area (TPSA) is 46.2 Å². The summed E-state index contributed by atoms with van der Waals surface area (Å²) in [4.78, 5) is 23.0. The minimum absolute atomic E-state index is 0.0496. The van der Waals surface area contributed by atoms with Crippen molar-refractivity contribution in [2.75, 3.05) is 6.54 Å². The van der Waals surface area contributed by atoms with Crippen LogP contribution in [0, 0.1) is 0 Å². The molecule has 0 saturated carbocycles. The van der Waals surface area contributed by atoms with Crippen molar-refractivity contribution < 1.29 is 9.59 Å². The van der Waals surface area contributed by atoms with Gasteiger partial charge in [-0.3, -0.25) is 4.79 Å². The van der Waals surface area contributed by atoms with E-state index in [9.17, 15) is 9.59 Å². The first kappa shape index (κ1) is 11.9. The lowest BCUT2D eigenvalue weighted by molar-refractivity contribution is -0.123. The summed E-state index contributed by atoms with van der Waals surface area (Å²) < 4.78 is 0. The Balaban J connectivity index is 2.65. The molecule has 0 radical (unpaired) electrons. The molecule has 0 spiro atoms. The minimum atomic E-state index is -0.102. The second kappa shape index (κ2) is 6.35. The molecule has 0 saturated heterocycles. The molecular weight excluding hydrogens is 210 g/mol. The summed E-state index contributed by atoms with van der Waals surface area (Å²) in [5.41, 5.74) is 0. The van der Waals surface area contributed by atoms with Crippen LogP contribution in [0.5, 0.6) is 0 Å². The van der Waals surface area contributed by atoms with Gasteiger partial charge in [0.05, 0.1) is 12.5 Å². The van der Waals surface area contributed by atoms with E-state index in [4.69, 9.17) is 0 Å². The molecule has 3 nitrogen and oxygen atoms in total. The van der Waals surface area contributed by atoms with Crippen LogP contribution in [0.3, 0.4) is 0 Å². The number of aldehydes is 1. The molecule has 0 bridgehead atoms. The largest absolute Gasteiger partial charge is 0.349 e. The highest BCUT2D eigenvalue weighted by Crippen LogP contribution is 2.25. The molecule has 1 heterocycles. The van der Waals surface area contributed by atoms with Gasteiger partial charge in [0.15, 0.2) is 0 Å². The Morgan fingerprint density at radius 2 is 2.47 bits per heavy atom. The van der Waals surface area contributed by atoms with Crippen molar-refractivity contribution in [1.82, 2.24) is 5.32 Å². The summed E-state index contributed by atoms with van der Waals surface area (Å²) >= 11 is 1.58. The molecule has 0 aliphatic carbocycles. The number of thiophene rings is 1. The fraction of sp³-hybridized carbons (Fsp3) is 0.455. The first-order valence-corrected chi connectivity index (χ1v) is 5.92. The van der Waals surface area contributed by atoms with E-state index in [1.165, 1.54) is 0 Å². The third kappa shape index (κ3) is 3.47. The van der Waals surface area contributed by atoms with Gasteiger partial charge in [0, 0.05) is 4.88 Å². The van der Waals surface area contributed by atoms with Gasteiger partial charge < -0.3 is 10.1 Å². The predicted molar refractivity (Wildman–Crippen MR) is 61.0 cm³/mol. The van der Waals surface area contributed by atoms with Gasteiger partial charge in [0.1, 0.15) is 6.29 Å². The highest BCUT2D eigenvalue weighted by molar-refractivity contribution is 7.10. The fourth-order valence-electron chi connectivity index (χ4n) is 1.45. The predicted octanol–water partition coefficient (Wildman–Crippen LogP) is 1.95. The van der Waals surface area contributed by atoms with Gasteiger partial charge in [-0.1, -0.05) is 19.4 Å². The third-order valence-electron chi connectivity index (χ3n) is 2.14. The standard InChI is InChI=1S/C11H15NO2S/c1-2-4-9(10-5-3-8-15-10)11(14)12-6-7-13/h3,5,7-9H,2,4,6H2,1H3,(H,12,14). The number of amides is 1. The zero-order valence-corrected chi connectivity index (χ0v) is 9.55. The van der Waals surface area contributed by atoms with Crippen LogP contribution in [-0.4, -0.2) is 18.7 Å². The van der Waals surface area contributed by atoms with E-state index < -0.39 is 0 Å². The number of nitrogens with one attached hydrogen (secondary N) is 1. The second-order valence-corrected chi connectivity index (χ2v) is 4.25. The normalized spacial score (nSPS) is 12.1. The molecule has 0 aromatic carbocycles. The molecule has 1 atom stereocenters. The summed E-state index contributed by atoms with van der Waals surface area (Å²) in [7, 11) is 0. The molecule has 1 rings (SSSR count). The molecule has 1 aromatic heterocycles. The van der Waals surface area contributed by atoms with E-state index in [2.05, 4.69) is 5.32 Å². The maximum atomic E-state index is 11.7. The average Bonchev–Trinajstić information content (AvgIpc) is 2.75. The number of hydrogen-bond donors (Lipinski definition) is 1. The van der Waals surface area contributed by atoms with Crippen LogP contribution in [0.4, 0.5) is 0 Å². The minimum Gasteiger partial charge on any atom is -0.349 e. The van der Waals surface area contributed by atoms with Gasteiger partial charge in [0.25, 0.3) is 0 Å². The Labute approximate surface area is 93.5 Å². The van der Waals surface area contributed by atoms with Crippen LogP contribution < -0.4 is 5.32 Å². The van der Waals surface area contributed by atoms with Gasteiger partial charge in [-0.25, -0.2) is 0 Å². The van der Waals surface area contributed by atoms with Gasteiger partial charge in [-0.2, -0.15) is 0 Å². The summed E-state index contributed by atoms with van der Waals surface area (Å²) in [6.45, 7) is 2.15. The molecule has 0 aliphatic rings. The Morgan fingerprint density at radius 1 is 1.67 bits per heavy atom. The van der Waals surface area contributed by atoms with Crippen LogP contribution in [0.25, 0.3) is 0 Å². The number of carbonyl (C=O) groups excluding carboxylic acids is 2. The number of rotatable bonds is 6. The quantitative estimate of drug-likeness (QED) is 0.752. The SMILES string of the molecule is CCCC(C(=O)NCC=O)c1cccs1. The second-order valence-electron chi connectivity index (χ2n) is 3.27. The Hall–Kier alpha value is -1.16. The van der Waals surface area contributed by atoms with Crippen LogP contribution in [0.1, 0.15) is 30.6 Å². The van der Waals surface area contributed by atoms with E-state index in [1.54, 1.807) is 11.3 Å². The Bertz CT molecular complexity index is 308. The smallest absolute Gasteiger partial charge is 0.228 e. The van der Waals surface area contributed by atoms with Crippen LogP contribution >= 0.6 is 11.3 Å². The summed E-state index contributed by atoms with van der Waals surface area (Å²) in [6.07, 6.45) is 2.48. The number of hydrogen-bond acceptors (Lipinski definition) is 3. The van der Waals surface area contributed by atoms with Gasteiger partial charge in [-0.05, 0) is 17.9 Å². The first-order valence-electron chi connectivity index (χ1n) is 5.04. The molecule has 1 unspecified atom stereocenters. The molecule has 1 N–H and O–H groups in total. The summed E-state index contributed by atoms with van der Waals surface area (Å²) in [6, 6.07) is 3.90. The molecule has 82 valence electrons. The molecule has 1 aromatic rings. The van der Waals surface area contributed by atoms with Crippen LogP contribution in [0.2, 0.25) is 0 Å². The molecule has 15 heavy (non-hydrogen) atoms. The van der Waals surface area contributed by atoms with E-state index in [-0.39, 0.29) is 18.4 Å². The Morgan fingerprint density at radius 3 is 3.00 bits per heavy atom. The lowest BCUT2D eigenvalue weighted by Crippen LogP contribution is -2.30. The molecule has 1 amide bonds. The van der Waals surface area contributed by atoms with Crippen LogP contribution in [0.15, 0.2) is 17.5 Å². The molecule has 4 heteroatoms. The highest BCUT2D eigenvalue weighted by atomic mass is 32.1. The molecule has 0 fully saturated rings. The van der Waals surface area contributed by atoms with Gasteiger partial charge in [0.2, 0.25) is 5.91 Å². The van der Waals surface area contributed by atoms with Crippen molar-refractivity contribution in [2.45, 2.75) is 25.7 Å². The lowest BCUT2D eigenvalue weighted by atomic mass is 10.0. The fourth-order valence-corrected chi connectivity index (χ4v) is 2.31. The lowest BCUT2D eigenvalue weighted by Gasteiger charge is -2.13. The summed E-state index contributed by atoms with van der Waals surface area (Å²) in [5.74, 6) is -0.152. The van der Waals surface area contributed by atoms with E-state index in [0.717, 1.165) is 17.7 Å². The summed E-state index contributed by atoms with van der Waals surface area (Å²) in [5, 5.41) is 4.57. The maximum absolute atomic E-state index is 11.7. The van der Waals surface area contributed by atoms with Crippen molar-refractivity contribution in [3.05, 3.63) is 22.4 Å².